The van der Waals surface area contributed by atoms with Crippen molar-refractivity contribution in [3.05, 3.63) is 35.4 Å². The van der Waals surface area contributed by atoms with Crippen molar-refractivity contribution in [1.82, 2.24) is 10.2 Å². The van der Waals surface area contributed by atoms with Crippen LogP contribution in [0.1, 0.15) is 36.9 Å². The number of nitrogens with one attached hydrogen (secondary N) is 1. The monoisotopic (exact) mass is 262 g/mol. The Hall–Kier alpha value is -0.900. The van der Waals surface area contributed by atoms with E-state index in [9.17, 15) is 5.11 Å². The number of benzene rings is 1. The van der Waals surface area contributed by atoms with Gasteiger partial charge in [0.25, 0.3) is 0 Å². The molecule has 1 atom stereocenters. The van der Waals surface area contributed by atoms with Gasteiger partial charge in [0.15, 0.2) is 0 Å². The Morgan fingerprint density at radius 2 is 2.00 bits per heavy atom. The maximum Gasteiger partial charge on any atom is 0.0628 e. The summed E-state index contributed by atoms with van der Waals surface area (Å²) in [6.45, 7) is 6.59. The van der Waals surface area contributed by atoms with Crippen molar-refractivity contribution in [2.24, 2.45) is 0 Å². The molecular weight excluding hydrogens is 236 g/mol. The molecule has 0 aromatic heterocycles. The third-order valence-electron chi connectivity index (χ3n) is 3.89. The number of aliphatic hydroxyl groups excluding tert-OH is 1. The number of aliphatic hydroxyl groups is 1. The van der Waals surface area contributed by atoms with Gasteiger partial charge in [0.2, 0.25) is 0 Å². The van der Waals surface area contributed by atoms with Gasteiger partial charge in [-0.15, -0.1) is 0 Å². The summed E-state index contributed by atoms with van der Waals surface area (Å²) in [5.74, 6) is 0. The van der Waals surface area contributed by atoms with Crippen molar-refractivity contribution >= 4 is 0 Å². The fourth-order valence-corrected chi connectivity index (χ4v) is 2.81. The molecule has 0 radical (unpaired) electrons. The molecule has 1 aromatic carbocycles. The first-order chi connectivity index (χ1) is 9.35. The molecule has 2 N–H and O–H groups in total. The highest BCUT2D eigenvalue weighted by atomic mass is 16.3. The molecule has 0 saturated carbocycles. The molecule has 1 saturated heterocycles. The zero-order valence-electron chi connectivity index (χ0n) is 11.9. The maximum absolute atomic E-state index is 9.73. The molecule has 19 heavy (non-hydrogen) atoms. The summed E-state index contributed by atoms with van der Waals surface area (Å²) in [4.78, 5) is 2.40. The maximum atomic E-state index is 9.73. The molecule has 0 amide bonds. The lowest BCUT2D eigenvalue weighted by atomic mass is 10.0. The molecule has 0 spiro atoms. The van der Waals surface area contributed by atoms with Crippen LogP contribution in [0.3, 0.4) is 0 Å². The van der Waals surface area contributed by atoms with Gasteiger partial charge in [-0.2, -0.15) is 0 Å². The molecule has 2 rings (SSSR count). The van der Waals surface area contributed by atoms with Crippen LogP contribution in [0.2, 0.25) is 0 Å². The van der Waals surface area contributed by atoms with E-state index in [0.717, 1.165) is 39.0 Å². The Balaban J connectivity index is 2.06. The molecule has 3 nitrogen and oxygen atoms in total. The van der Waals surface area contributed by atoms with E-state index in [1.165, 1.54) is 17.5 Å². The minimum Gasteiger partial charge on any atom is -0.394 e. The molecule has 1 fully saturated rings. The van der Waals surface area contributed by atoms with E-state index in [4.69, 9.17) is 0 Å². The highest BCUT2D eigenvalue weighted by molar-refractivity contribution is 5.25. The second-order valence-corrected chi connectivity index (χ2v) is 5.33. The predicted octanol–water partition coefficient (Wildman–Crippen LogP) is 1.97. The van der Waals surface area contributed by atoms with Crippen molar-refractivity contribution in [2.45, 2.75) is 32.2 Å². The molecular formula is C16H26N2O. The van der Waals surface area contributed by atoms with Crippen molar-refractivity contribution < 1.29 is 5.11 Å². The van der Waals surface area contributed by atoms with Crippen LogP contribution < -0.4 is 5.32 Å². The van der Waals surface area contributed by atoms with E-state index in [2.05, 4.69) is 41.4 Å². The Labute approximate surface area is 116 Å². The fourth-order valence-electron chi connectivity index (χ4n) is 2.81. The minimum absolute atomic E-state index is 0.149. The standard InChI is InChI=1S/C16H26N2O/c1-2-4-14-5-7-15(8-6-14)16(13-19)18-11-3-9-17-10-12-18/h5-8,16-17,19H,2-4,9-13H2,1H3. The Bertz CT molecular complexity index is 356. The van der Waals surface area contributed by atoms with Gasteiger partial charge in [0.05, 0.1) is 12.6 Å². The lowest BCUT2D eigenvalue weighted by Gasteiger charge is -2.29. The summed E-state index contributed by atoms with van der Waals surface area (Å²) in [7, 11) is 0. The van der Waals surface area contributed by atoms with Crippen LogP contribution in [-0.2, 0) is 6.42 Å². The topological polar surface area (TPSA) is 35.5 Å². The minimum atomic E-state index is 0.149. The zero-order valence-corrected chi connectivity index (χ0v) is 11.9. The normalized spacial score (nSPS) is 19.1. The first-order valence-corrected chi connectivity index (χ1v) is 7.49. The van der Waals surface area contributed by atoms with Gasteiger partial charge in [-0.25, -0.2) is 0 Å². The van der Waals surface area contributed by atoms with E-state index in [-0.39, 0.29) is 12.6 Å². The zero-order chi connectivity index (χ0) is 13.5. The predicted molar refractivity (Wildman–Crippen MR) is 79.3 cm³/mol. The average Bonchev–Trinajstić information content (AvgIpc) is 2.71. The largest absolute Gasteiger partial charge is 0.394 e. The van der Waals surface area contributed by atoms with E-state index >= 15 is 0 Å². The summed E-state index contributed by atoms with van der Waals surface area (Å²) in [6, 6.07) is 8.93. The summed E-state index contributed by atoms with van der Waals surface area (Å²) < 4.78 is 0. The highest BCUT2D eigenvalue weighted by Gasteiger charge is 2.20. The third-order valence-corrected chi connectivity index (χ3v) is 3.89. The Morgan fingerprint density at radius 1 is 1.21 bits per heavy atom. The highest BCUT2D eigenvalue weighted by Crippen LogP contribution is 2.21. The number of aryl methyl sites for hydroxylation is 1. The lowest BCUT2D eigenvalue weighted by molar-refractivity contribution is 0.130. The van der Waals surface area contributed by atoms with Crippen LogP contribution in [0.25, 0.3) is 0 Å². The van der Waals surface area contributed by atoms with E-state index < -0.39 is 0 Å². The summed E-state index contributed by atoms with van der Waals surface area (Å²) in [5.41, 5.74) is 2.63. The molecule has 3 heteroatoms. The number of rotatable bonds is 5. The summed E-state index contributed by atoms with van der Waals surface area (Å²) in [6.07, 6.45) is 3.47. The van der Waals surface area contributed by atoms with Crippen molar-refractivity contribution in [3.63, 3.8) is 0 Å². The number of nitrogens with zero attached hydrogens (tertiary/aromatic N) is 1. The van der Waals surface area contributed by atoms with Gasteiger partial charge in [-0.05, 0) is 30.5 Å². The van der Waals surface area contributed by atoms with Crippen molar-refractivity contribution in [2.75, 3.05) is 32.8 Å². The van der Waals surface area contributed by atoms with Crippen LogP contribution in [0.15, 0.2) is 24.3 Å². The molecule has 1 aliphatic rings. The van der Waals surface area contributed by atoms with E-state index in [1.54, 1.807) is 0 Å². The molecule has 1 heterocycles. The molecule has 0 aliphatic carbocycles. The Morgan fingerprint density at radius 3 is 2.68 bits per heavy atom. The van der Waals surface area contributed by atoms with Gasteiger partial charge in [0, 0.05) is 19.6 Å². The lowest BCUT2D eigenvalue weighted by Crippen LogP contribution is -2.34. The third kappa shape index (κ3) is 4.03. The van der Waals surface area contributed by atoms with Gasteiger partial charge in [-0.3, -0.25) is 4.90 Å². The van der Waals surface area contributed by atoms with E-state index in [1.807, 2.05) is 0 Å². The molecule has 106 valence electrons. The van der Waals surface area contributed by atoms with Gasteiger partial charge < -0.3 is 10.4 Å². The van der Waals surface area contributed by atoms with Crippen LogP contribution in [0.5, 0.6) is 0 Å². The van der Waals surface area contributed by atoms with E-state index in [0.29, 0.717) is 0 Å². The van der Waals surface area contributed by atoms with Gasteiger partial charge in [-0.1, -0.05) is 37.6 Å². The second kappa shape index (κ2) is 7.63. The summed E-state index contributed by atoms with van der Waals surface area (Å²) in [5, 5.41) is 13.1. The first-order valence-electron chi connectivity index (χ1n) is 7.49. The smallest absolute Gasteiger partial charge is 0.0628 e. The SMILES string of the molecule is CCCc1ccc(C(CO)N2CCCNCC2)cc1. The van der Waals surface area contributed by atoms with Crippen molar-refractivity contribution in [3.8, 4) is 0 Å². The summed E-state index contributed by atoms with van der Waals surface area (Å²) >= 11 is 0. The Kier molecular flexibility index (Phi) is 5.83. The first kappa shape index (κ1) is 14.5. The molecule has 0 bridgehead atoms. The molecule has 1 aromatic rings. The van der Waals surface area contributed by atoms with Crippen LogP contribution >= 0.6 is 0 Å². The fraction of sp³-hybridized carbons (Fsp3) is 0.625. The van der Waals surface area contributed by atoms with Crippen LogP contribution in [0, 0.1) is 0 Å². The molecule has 1 aliphatic heterocycles. The average molecular weight is 262 g/mol. The molecule has 1 unspecified atom stereocenters. The van der Waals surface area contributed by atoms with Crippen molar-refractivity contribution in [1.29, 1.82) is 0 Å². The van der Waals surface area contributed by atoms with Crippen LogP contribution in [0.4, 0.5) is 0 Å². The second-order valence-electron chi connectivity index (χ2n) is 5.33. The quantitative estimate of drug-likeness (QED) is 0.851. The number of hydrogen-bond acceptors (Lipinski definition) is 3. The van der Waals surface area contributed by atoms with Crippen LogP contribution in [-0.4, -0.2) is 42.8 Å². The van der Waals surface area contributed by atoms with Gasteiger partial charge >= 0.3 is 0 Å². The van der Waals surface area contributed by atoms with Gasteiger partial charge in [0.1, 0.15) is 0 Å². The number of hydrogen-bond donors (Lipinski definition) is 2.